The Morgan fingerprint density at radius 2 is 1.65 bits per heavy atom. The summed E-state index contributed by atoms with van der Waals surface area (Å²) in [5.41, 5.74) is -1.80. The summed E-state index contributed by atoms with van der Waals surface area (Å²) in [6.07, 6.45) is -0.553. The second-order valence-corrected chi connectivity index (χ2v) is 11.2. The molecule has 0 heterocycles. The third-order valence-corrected chi connectivity index (χ3v) is 6.58. The average molecular weight is 486 g/mol. The van der Waals surface area contributed by atoms with E-state index in [1.54, 1.807) is 20.8 Å². The predicted octanol–water partition coefficient (Wildman–Crippen LogP) is 1.02. The van der Waals surface area contributed by atoms with E-state index in [1.165, 1.54) is 13.8 Å². The van der Waals surface area contributed by atoms with Crippen molar-refractivity contribution < 1.29 is 41.9 Å². The normalized spacial score (nSPS) is 14.5. The van der Waals surface area contributed by atoms with E-state index in [2.05, 4.69) is 5.32 Å². The number of carbonyl (C=O) groups excluding carboxylic acids is 3. The zero-order valence-corrected chi connectivity index (χ0v) is 20.6. The molecule has 0 aromatic heterocycles. The van der Waals surface area contributed by atoms with Crippen LogP contribution in [-0.4, -0.2) is 78.0 Å². The fourth-order valence-electron chi connectivity index (χ4n) is 2.13. The van der Waals surface area contributed by atoms with Crippen LogP contribution in [0.4, 0.5) is 0 Å². The number of aliphatic hydroxyl groups excluding tert-OH is 1. The SMILES string of the molecule is CCC(C)(C)C(=O)OCC(O)COC(=O)CSCC(C)C(=O)NC(C)(C)CS(=O)(=O)O. The molecule has 0 bridgehead atoms. The van der Waals surface area contributed by atoms with Crippen molar-refractivity contribution in [3.05, 3.63) is 0 Å². The Bertz CT molecular complexity index is 720. The van der Waals surface area contributed by atoms with E-state index in [0.717, 1.165) is 11.8 Å². The summed E-state index contributed by atoms with van der Waals surface area (Å²) in [5, 5.41) is 12.3. The topological polar surface area (TPSA) is 156 Å². The summed E-state index contributed by atoms with van der Waals surface area (Å²) in [4.78, 5) is 35.8. The van der Waals surface area contributed by atoms with E-state index in [4.69, 9.17) is 14.0 Å². The first-order valence-electron chi connectivity index (χ1n) is 9.85. The lowest BCUT2D eigenvalue weighted by atomic mass is 9.91. The number of esters is 2. The van der Waals surface area contributed by atoms with Gasteiger partial charge < -0.3 is 19.9 Å². The van der Waals surface area contributed by atoms with Gasteiger partial charge in [-0.3, -0.25) is 18.9 Å². The fourth-order valence-corrected chi connectivity index (χ4v) is 3.99. The maximum atomic E-state index is 12.2. The van der Waals surface area contributed by atoms with Gasteiger partial charge in [0.15, 0.2) is 0 Å². The predicted molar refractivity (Wildman–Crippen MR) is 117 cm³/mol. The standard InChI is InChI=1S/C19H35NO9S2/c1-7-18(3,4)17(24)29-9-14(21)8-28-15(22)11-30-10-13(2)16(23)20-19(5,6)12-31(25,26)27/h13-14,21H,7-12H2,1-6H3,(H,20,23)(H,25,26,27). The summed E-state index contributed by atoms with van der Waals surface area (Å²) in [6.45, 7) is 9.28. The molecule has 0 fully saturated rings. The van der Waals surface area contributed by atoms with Gasteiger partial charge in [0.05, 0.1) is 22.5 Å². The Morgan fingerprint density at radius 1 is 1.10 bits per heavy atom. The zero-order valence-electron chi connectivity index (χ0n) is 19.0. The van der Waals surface area contributed by atoms with E-state index in [0.29, 0.717) is 6.42 Å². The summed E-state index contributed by atoms with van der Waals surface area (Å²) in [5.74, 6) is -2.37. The largest absolute Gasteiger partial charge is 0.462 e. The van der Waals surface area contributed by atoms with Gasteiger partial charge in [0.25, 0.3) is 10.1 Å². The molecule has 2 unspecified atom stereocenters. The summed E-state index contributed by atoms with van der Waals surface area (Å²) in [7, 11) is -4.24. The van der Waals surface area contributed by atoms with Crippen molar-refractivity contribution >= 4 is 39.7 Å². The minimum atomic E-state index is -4.24. The molecule has 12 heteroatoms. The molecular weight excluding hydrogens is 450 g/mol. The summed E-state index contributed by atoms with van der Waals surface area (Å²) >= 11 is 1.14. The number of thioether (sulfide) groups is 1. The van der Waals surface area contributed by atoms with Crippen molar-refractivity contribution in [3.8, 4) is 0 Å². The van der Waals surface area contributed by atoms with Gasteiger partial charge in [-0.25, -0.2) is 0 Å². The van der Waals surface area contributed by atoms with E-state index < -0.39 is 56.7 Å². The van der Waals surface area contributed by atoms with Crippen LogP contribution in [0.3, 0.4) is 0 Å². The van der Waals surface area contributed by atoms with Crippen molar-refractivity contribution in [2.75, 3.05) is 30.5 Å². The van der Waals surface area contributed by atoms with Gasteiger partial charge in [-0.05, 0) is 34.1 Å². The van der Waals surface area contributed by atoms with Crippen LogP contribution in [0.15, 0.2) is 0 Å². The van der Waals surface area contributed by atoms with Crippen LogP contribution in [0.2, 0.25) is 0 Å². The molecule has 2 atom stereocenters. The average Bonchev–Trinajstić information content (AvgIpc) is 2.61. The third kappa shape index (κ3) is 13.6. The van der Waals surface area contributed by atoms with Crippen LogP contribution < -0.4 is 5.32 Å². The van der Waals surface area contributed by atoms with Gasteiger partial charge >= 0.3 is 11.9 Å². The molecule has 0 aromatic carbocycles. The van der Waals surface area contributed by atoms with Gasteiger partial charge in [-0.1, -0.05) is 13.8 Å². The maximum absolute atomic E-state index is 12.2. The number of rotatable bonds is 14. The number of amides is 1. The minimum absolute atomic E-state index is 0.0542. The van der Waals surface area contributed by atoms with E-state index in [9.17, 15) is 27.9 Å². The van der Waals surface area contributed by atoms with Gasteiger partial charge in [0.2, 0.25) is 5.91 Å². The van der Waals surface area contributed by atoms with Crippen LogP contribution in [-0.2, 0) is 34.0 Å². The smallest absolute Gasteiger partial charge is 0.315 e. The Labute approximate surface area is 188 Å². The molecule has 0 aromatic rings. The van der Waals surface area contributed by atoms with Crippen LogP contribution >= 0.6 is 11.8 Å². The molecule has 182 valence electrons. The molecule has 0 radical (unpaired) electrons. The van der Waals surface area contributed by atoms with Gasteiger partial charge in [-0.15, -0.1) is 11.8 Å². The molecule has 10 nitrogen and oxygen atoms in total. The molecule has 0 saturated carbocycles. The van der Waals surface area contributed by atoms with Gasteiger partial charge in [0, 0.05) is 11.7 Å². The van der Waals surface area contributed by atoms with E-state index >= 15 is 0 Å². The van der Waals surface area contributed by atoms with E-state index in [-0.39, 0.29) is 24.7 Å². The molecular formula is C19H35NO9S2. The number of ether oxygens (including phenoxy) is 2. The molecule has 31 heavy (non-hydrogen) atoms. The lowest BCUT2D eigenvalue weighted by Gasteiger charge is -2.26. The third-order valence-electron chi connectivity index (χ3n) is 4.32. The molecule has 0 aliphatic heterocycles. The second-order valence-electron chi connectivity index (χ2n) is 8.69. The van der Waals surface area contributed by atoms with Crippen molar-refractivity contribution in [1.29, 1.82) is 0 Å². The molecule has 0 aliphatic rings. The van der Waals surface area contributed by atoms with Crippen LogP contribution in [0, 0.1) is 11.3 Å². The number of hydrogen-bond donors (Lipinski definition) is 3. The number of carbonyl (C=O) groups is 3. The van der Waals surface area contributed by atoms with Gasteiger partial charge in [-0.2, -0.15) is 8.42 Å². The highest BCUT2D eigenvalue weighted by molar-refractivity contribution is 7.99. The van der Waals surface area contributed by atoms with Gasteiger partial charge in [0.1, 0.15) is 19.3 Å². The van der Waals surface area contributed by atoms with Crippen molar-refractivity contribution in [2.45, 2.75) is 59.6 Å². The highest BCUT2D eigenvalue weighted by Gasteiger charge is 2.29. The molecule has 3 N–H and O–H groups in total. The highest BCUT2D eigenvalue weighted by Crippen LogP contribution is 2.21. The molecule has 0 spiro atoms. The quantitative estimate of drug-likeness (QED) is 0.240. The fraction of sp³-hybridized carbons (Fsp3) is 0.842. The monoisotopic (exact) mass is 485 g/mol. The lowest BCUT2D eigenvalue weighted by Crippen LogP contribution is -2.50. The highest BCUT2D eigenvalue weighted by atomic mass is 32.2. The van der Waals surface area contributed by atoms with E-state index in [1.807, 2.05) is 6.92 Å². The second kappa shape index (κ2) is 12.6. The van der Waals surface area contributed by atoms with Crippen molar-refractivity contribution in [2.24, 2.45) is 11.3 Å². The zero-order chi connectivity index (χ0) is 24.5. The summed E-state index contributed by atoms with van der Waals surface area (Å²) < 4.78 is 40.9. The summed E-state index contributed by atoms with van der Waals surface area (Å²) in [6, 6.07) is 0. The molecule has 1 amide bonds. The first-order valence-corrected chi connectivity index (χ1v) is 12.6. The maximum Gasteiger partial charge on any atom is 0.315 e. The van der Waals surface area contributed by atoms with Crippen LogP contribution in [0.25, 0.3) is 0 Å². The van der Waals surface area contributed by atoms with Crippen molar-refractivity contribution in [1.82, 2.24) is 5.32 Å². The van der Waals surface area contributed by atoms with Crippen LogP contribution in [0.5, 0.6) is 0 Å². The lowest BCUT2D eigenvalue weighted by molar-refractivity contribution is -0.159. The number of aliphatic hydroxyl groups is 1. The first-order chi connectivity index (χ1) is 14.0. The molecule has 0 aliphatic carbocycles. The van der Waals surface area contributed by atoms with Crippen LogP contribution in [0.1, 0.15) is 48.0 Å². The number of nitrogens with one attached hydrogen (secondary N) is 1. The number of hydrogen-bond acceptors (Lipinski definition) is 9. The Balaban J connectivity index is 4.20. The Kier molecular flexibility index (Phi) is 12.1. The molecule has 0 saturated heterocycles. The Morgan fingerprint density at radius 3 is 2.16 bits per heavy atom. The Hall–Kier alpha value is -1.37. The molecule has 0 rings (SSSR count). The van der Waals surface area contributed by atoms with Crippen molar-refractivity contribution in [3.63, 3.8) is 0 Å². The minimum Gasteiger partial charge on any atom is -0.462 e. The first kappa shape index (κ1) is 29.6.